The molecule has 1 atom stereocenters. The monoisotopic (exact) mass is 306 g/mol. The van der Waals surface area contributed by atoms with Crippen molar-refractivity contribution in [2.24, 2.45) is 0 Å². The van der Waals surface area contributed by atoms with Gasteiger partial charge >= 0.3 is 0 Å². The summed E-state index contributed by atoms with van der Waals surface area (Å²) in [6.45, 7) is 3.12. The molecule has 0 amide bonds. The molecule has 0 radical (unpaired) electrons. The maximum Gasteiger partial charge on any atom is 0.141 e. The van der Waals surface area contributed by atoms with Gasteiger partial charge in [0.25, 0.3) is 0 Å². The van der Waals surface area contributed by atoms with Crippen LogP contribution in [0.25, 0.3) is 0 Å². The molecule has 0 N–H and O–H groups in total. The van der Waals surface area contributed by atoms with Crippen LogP contribution in [0.4, 0.5) is 4.39 Å². The fraction of sp³-hybridized carbons (Fsp3) is 0.312. The molecule has 1 fully saturated rings. The van der Waals surface area contributed by atoms with Crippen molar-refractivity contribution in [3.05, 3.63) is 64.7 Å². The third kappa shape index (κ3) is 3.59. The van der Waals surface area contributed by atoms with Crippen LogP contribution in [0.1, 0.15) is 17.2 Å². The highest BCUT2D eigenvalue weighted by atomic mass is 35.5. The van der Waals surface area contributed by atoms with Gasteiger partial charge in [-0.2, -0.15) is 0 Å². The fourth-order valence-corrected chi connectivity index (χ4v) is 2.70. The lowest BCUT2D eigenvalue weighted by atomic mass is 10.1. The van der Waals surface area contributed by atoms with Crippen molar-refractivity contribution in [3.63, 3.8) is 0 Å². The topological polar surface area (TPSA) is 25.4 Å². The molecular formula is C16H16ClFN2O. The fourth-order valence-electron chi connectivity index (χ4n) is 2.51. The van der Waals surface area contributed by atoms with Crippen molar-refractivity contribution in [2.45, 2.75) is 12.6 Å². The molecule has 3 nitrogen and oxygen atoms in total. The SMILES string of the molecule is Fc1ccc([C@@H]2CN(Cc3cccnc3)CCO2)cc1Cl. The molecule has 1 aliphatic heterocycles. The summed E-state index contributed by atoms with van der Waals surface area (Å²) in [4.78, 5) is 6.44. The number of nitrogens with zero attached hydrogens (tertiary/aromatic N) is 2. The van der Waals surface area contributed by atoms with Gasteiger partial charge in [-0.1, -0.05) is 23.7 Å². The molecule has 0 unspecified atom stereocenters. The van der Waals surface area contributed by atoms with E-state index in [1.54, 1.807) is 18.3 Å². The van der Waals surface area contributed by atoms with Crippen LogP contribution in [0.2, 0.25) is 5.02 Å². The smallest absolute Gasteiger partial charge is 0.141 e. The number of ether oxygens (including phenoxy) is 1. The third-order valence-corrected chi connectivity index (χ3v) is 3.88. The van der Waals surface area contributed by atoms with Crippen molar-refractivity contribution in [1.29, 1.82) is 0 Å². The highest BCUT2D eigenvalue weighted by molar-refractivity contribution is 6.30. The Bertz CT molecular complexity index is 608. The zero-order valence-corrected chi connectivity index (χ0v) is 12.3. The predicted octanol–water partition coefficient (Wildman–Crippen LogP) is 3.45. The van der Waals surface area contributed by atoms with Gasteiger partial charge in [-0.25, -0.2) is 4.39 Å². The van der Waals surface area contributed by atoms with Gasteiger partial charge in [0.1, 0.15) is 5.82 Å². The first-order chi connectivity index (χ1) is 10.2. The summed E-state index contributed by atoms with van der Waals surface area (Å²) in [6, 6.07) is 8.77. The second kappa shape index (κ2) is 6.52. The number of hydrogen-bond donors (Lipinski definition) is 0. The molecule has 2 heterocycles. The summed E-state index contributed by atoms with van der Waals surface area (Å²) in [5.74, 6) is -0.400. The molecule has 1 aromatic heterocycles. The Kier molecular flexibility index (Phi) is 4.48. The Balaban J connectivity index is 1.69. The first kappa shape index (κ1) is 14.4. The van der Waals surface area contributed by atoms with Crippen molar-refractivity contribution < 1.29 is 9.13 Å². The summed E-state index contributed by atoms with van der Waals surface area (Å²) < 4.78 is 19.0. The zero-order chi connectivity index (χ0) is 14.7. The minimum absolute atomic E-state index is 0.0754. The minimum atomic E-state index is -0.400. The van der Waals surface area contributed by atoms with Gasteiger partial charge in [0, 0.05) is 32.0 Å². The number of morpholine rings is 1. The van der Waals surface area contributed by atoms with Gasteiger partial charge in [0.15, 0.2) is 0 Å². The van der Waals surface area contributed by atoms with Gasteiger partial charge < -0.3 is 4.74 Å². The molecular weight excluding hydrogens is 291 g/mol. The van der Waals surface area contributed by atoms with Crippen LogP contribution in [0.3, 0.4) is 0 Å². The average molecular weight is 307 g/mol. The van der Waals surface area contributed by atoms with Gasteiger partial charge in [-0.15, -0.1) is 0 Å². The molecule has 3 rings (SSSR count). The molecule has 1 aliphatic rings. The van der Waals surface area contributed by atoms with E-state index < -0.39 is 5.82 Å². The quantitative estimate of drug-likeness (QED) is 0.868. The van der Waals surface area contributed by atoms with Gasteiger partial charge in [-0.3, -0.25) is 9.88 Å². The number of aromatic nitrogens is 1. The molecule has 5 heteroatoms. The van der Waals surface area contributed by atoms with Crippen LogP contribution in [0.5, 0.6) is 0 Å². The van der Waals surface area contributed by atoms with E-state index in [0.717, 1.165) is 25.2 Å². The molecule has 1 aromatic carbocycles. The molecule has 1 saturated heterocycles. The van der Waals surface area contributed by atoms with Crippen LogP contribution < -0.4 is 0 Å². The second-order valence-corrected chi connectivity index (χ2v) is 5.54. The van der Waals surface area contributed by atoms with Crippen LogP contribution in [-0.4, -0.2) is 29.6 Å². The van der Waals surface area contributed by atoms with E-state index in [-0.39, 0.29) is 11.1 Å². The summed E-state index contributed by atoms with van der Waals surface area (Å²) in [5, 5.41) is 0.139. The molecule has 0 aliphatic carbocycles. The van der Waals surface area contributed by atoms with E-state index in [0.29, 0.717) is 6.61 Å². The van der Waals surface area contributed by atoms with E-state index in [1.807, 2.05) is 12.3 Å². The lowest BCUT2D eigenvalue weighted by Gasteiger charge is -2.33. The number of benzene rings is 1. The van der Waals surface area contributed by atoms with Crippen molar-refractivity contribution >= 4 is 11.6 Å². The summed E-state index contributed by atoms with van der Waals surface area (Å²) in [5.41, 5.74) is 2.09. The number of hydrogen-bond acceptors (Lipinski definition) is 3. The van der Waals surface area contributed by atoms with Gasteiger partial charge in [0.2, 0.25) is 0 Å². The van der Waals surface area contributed by atoms with Gasteiger partial charge in [-0.05, 0) is 29.3 Å². The van der Waals surface area contributed by atoms with E-state index in [2.05, 4.69) is 16.0 Å². The maximum absolute atomic E-state index is 13.2. The normalized spacial score (nSPS) is 19.6. The summed E-state index contributed by atoms with van der Waals surface area (Å²) in [7, 11) is 0. The van der Waals surface area contributed by atoms with Crippen molar-refractivity contribution in [2.75, 3.05) is 19.7 Å². The lowest BCUT2D eigenvalue weighted by molar-refractivity contribution is -0.0329. The molecule has 0 bridgehead atoms. The highest BCUT2D eigenvalue weighted by Gasteiger charge is 2.22. The Labute approximate surface area is 128 Å². The third-order valence-electron chi connectivity index (χ3n) is 3.59. The Morgan fingerprint density at radius 1 is 1.38 bits per heavy atom. The van der Waals surface area contributed by atoms with Crippen molar-refractivity contribution in [3.8, 4) is 0 Å². The molecule has 0 spiro atoms. The second-order valence-electron chi connectivity index (χ2n) is 5.13. The van der Waals surface area contributed by atoms with Crippen LogP contribution in [0, 0.1) is 5.82 Å². The number of pyridine rings is 1. The lowest BCUT2D eigenvalue weighted by Crippen LogP contribution is -2.37. The maximum atomic E-state index is 13.2. The van der Waals surface area contributed by atoms with E-state index >= 15 is 0 Å². The van der Waals surface area contributed by atoms with Crippen LogP contribution in [0.15, 0.2) is 42.7 Å². The predicted molar refractivity (Wildman–Crippen MR) is 79.6 cm³/mol. The van der Waals surface area contributed by atoms with Crippen LogP contribution >= 0.6 is 11.6 Å². The Hall–Kier alpha value is -1.49. The van der Waals surface area contributed by atoms with E-state index in [4.69, 9.17) is 16.3 Å². The molecule has 110 valence electrons. The number of halogens is 2. The largest absolute Gasteiger partial charge is 0.371 e. The van der Waals surface area contributed by atoms with E-state index in [9.17, 15) is 4.39 Å². The Morgan fingerprint density at radius 3 is 3.05 bits per heavy atom. The van der Waals surface area contributed by atoms with Crippen LogP contribution in [-0.2, 0) is 11.3 Å². The summed E-state index contributed by atoms with van der Waals surface area (Å²) in [6.07, 6.45) is 3.57. The molecule has 2 aromatic rings. The summed E-state index contributed by atoms with van der Waals surface area (Å²) >= 11 is 5.85. The minimum Gasteiger partial charge on any atom is -0.371 e. The number of rotatable bonds is 3. The highest BCUT2D eigenvalue weighted by Crippen LogP contribution is 2.26. The average Bonchev–Trinajstić information content (AvgIpc) is 2.51. The van der Waals surface area contributed by atoms with Gasteiger partial charge in [0.05, 0.1) is 17.7 Å². The Morgan fingerprint density at radius 2 is 2.29 bits per heavy atom. The first-order valence-electron chi connectivity index (χ1n) is 6.90. The van der Waals surface area contributed by atoms with Crippen molar-refractivity contribution in [1.82, 2.24) is 9.88 Å². The molecule has 21 heavy (non-hydrogen) atoms. The molecule has 0 saturated carbocycles. The zero-order valence-electron chi connectivity index (χ0n) is 11.5. The standard InChI is InChI=1S/C16H16ClFN2O/c17-14-8-13(3-4-15(14)18)16-11-20(6-7-21-16)10-12-2-1-5-19-9-12/h1-5,8-9,16H,6-7,10-11H2/t16-/m0/s1. The first-order valence-corrected chi connectivity index (χ1v) is 7.28. The van der Waals surface area contributed by atoms with E-state index in [1.165, 1.54) is 11.6 Å².